The first-order valence-electron chi connectivity index (χ1n) is 5.01. The van der Waals surface area contributed by atoms with Crippen molar-refractivity contribution in [3.05, 3.63) is 0 Å². The van der Waals surface area contributed by atoms with Crippen LogP contribution in [0.15, 0.2) is 0 Å². The van der Waals surface area contributed by atoms with Crippen molar-refractivity contribution in [2.24, 2.45) is 0 Å². The molecule has 0 aliphatic carbocycles. The number of sulfonamides is 1. The van der Waals surface area contributed by atoms with Gasteiger partial charge in [-0.05, 0) is 0 Å². The Morgan fingerprint density at radius 3 is 2.43 bits per heavy atom. The average molecular weight is 243 g/mol. The first-order chi connectivity index (χ1) is 6.47. The molecule has 1 fully saturated rings. The second-order valence-corrected chi connectivity index (χ2v) is 11.4. The minimum atomic E-state index is -3.35. The molecule has 1 N–H and O–H groups in total. The summed E-state index contributed by atoms with van der Waals surface area (Å²) in [5.41, 5.74) is 0. The predicted molar refractivity (Wildman–Crippen MR) is 61.0 cm³/mol. The van der Waals surface area contributed by atoms with Crippen LogP contribution < -0.4 is 4.72 Å². The molecule has 0 radical (unpaired) electrons. The fraction of sp³-hybridized carbons (Fsp3) is 1.00. The molecule has 1 aliphatic heterocycles. The third kappa shape index (κ3) is 3.79. The van der Waals surface area contributed by atoms with Gasteiger partial charge in [0.05, 0.1) is 0 Å². The number of halogens is 1. The SMILES string of the molecule is C[PH]1(CCS(=O)(=O)NCF)CCCC1. The monoisotopic (exact) mass is 243 g/mol. The van der Waals surface area contributed by atoms with E-state index in [1.165, 1.54) is 25.2 Å². The Labute approximate surface area is 85.8 Å². The van der Waals surface area contributed by atoms with E-state index < -0.39 is 24.1 Å². The van der Waals surface area contributed by atoms with Gasteiger partial charge in [-0.15, -0.1) is 0 Å². The zero-order chi connectivity index (χ0) is 10.7. The molecular weight excluding hydrogens is 224 g/mol. The molecular formula is C8H19FNO2PS. The van der Waals surface area contributed by atoms with Crippen LogP contribution in [0.25, 0.3) is 0 Å². The van der Waals surface area contributed by atoms with Crippen LogP contribution in [0.3, 0.4) is 0 Å². The van der Waals surface area contributed by atoms with Crippen molar-refractivity contribution in [2.45, 2.75) is 12.8 Å². The van der Waals surface area contributed by atoms with Crippen LogP contribution in [0.4, 0.5) is 4.39 Å². The Kier molecular flexibility index (Phi) is 4.29. The van der Waals surface area contributed by atoms with Gasteiger partial charge in [0.1, 0.15) is 0 Å². The molecule has 0 spiro atoms. The fourth-order valence-corrected chi connectivity index (χ4v) is 8.33. The quantitative estimate of drug-likeness (QED) is 0.578. The molecule has 1 aliphatic rings. The van der Waals surface area contributed by atoms with Crippen LogP contribution in [-0.2, 0) is 10.0 Å². The summed E-state index contributed by atoms with van der Waals surface area (Å²) >= 11 is 0. The van der Waals surface area contributed by atoms with Gasteiger partial charge in [-0.1, -0.05) is 0 Å². The van der Waals surface area contributed by atoms with Gasteiger partial charge in [0, 0.05) is 0 Å². The molecule has 0 amide bonds. The molecule has 0 aromatic carbocycles. The van der Waals surface area contributed by atoms with Crippen LogP contribution in [0.5, 0.6) is 0 Å². The molecule has 1 heterocycles. The fourth-order valence-electron chi connectivity index (χ4n) is 2.01. The van der Waals surface area contributed by atoms with E-state index in [0.29, 0.717) is 0 Å². The number of alkyl halides is 1. The second-order valence-electron chi connectivity index (χ2n) is 4.36. The molecule has 0 bridgehead atoms. The zero-order valence-corrected chi connectivity index (χ0v) is 10.4. The Hall–Kier alpha value is 0.270. The van der Waals surface area contributed by atoms with Gasteiger partial charge in [-0.2, -0.15) is 0 Å². The summed E-state index contributed by atoms with van der Waals surface area (Å²) in [7, 11) is -4.61. The summed E-state index contributed by atoms with van der Waals surface area (Å²) in [6.07, 6.45) is 5.75. The minimum absolute atomic E-state index is 0.111. The molecule has 0 aromatic rings. The van der Waals surface area contributed by atoms with Crippen molar-refractivity contribution in [1.82, 2.24) is 4.72 Å². The van der Waals surface area contributed by atoms with Crippen molar-refractivity contribution >= 4 is 17.3 Å². The molecule has 0 aromatic heterocycles. The number of rotatable bonds is 5. The summed E-state index contributed by atoms with van der Waals surface area (Å²) in [6, 6.07) is 0. The van der Waals surface area contributed by atoms with E-state index in [2.05, 4.69) is 6.66 Å². The van der Waals surface area contributed by atoms with E-state index in [-0.39, 0.29) is 5.75 Å². The van der Waals surface area contributed by atoms with Gasteiger partial charge >= 0.3 is 85.4 Å². The van der Waals surface area contributed by atoms with Gasteiger partial charge in [-0.3, -0.25) is 0 Å². The Morgan fingerprint density at radius 2 is 1.93 bits per heavy atom. The Bertz CT molecular complexity index is 275. The van der Waals surface area contributed by atoms with E-state index in [1.807, 2.05) is 4.72 Å². The van der Waals surface area contributed by atoms with E-state index >= 15 is 0 Å². The maximum absolute atomic E-state index is 11.8. The van der Waals surface area contributed by atoms with Crippen molar-refractivity contribution in [1.29, 1.82) is 0 Å². The second kappa shape index (κ2) is 4.86. The molecule has 14 heavy (non-hydrogen) atoms. The number of hydrogen-bond acceptors (Lipinski definition) is 2. The standard InChI is InChI=1S/C8H19FNO2PS/c1-13(4-2-3-5-13)6-7-14(11,12)10-8-9/h10,13H,2-8H2,1H3. The third-order valence-corrected chi connectivity index (χ3v) is 9.29. The van der Waals surface area contributed by atoms with E-state index in [0.717, 1.165) is 6.16 Å². The molecule has 1 rings (SSSR count). The Balaban J connectivity index is 2.39. The summed E-state index contributed by atoms with van der Waals surface area (Å²) in [6.45, 7) is 1.27. The Morgan fingerprint density at radius 1 is 1.36 bits per heavy atom. The summed E-state index contributed by atoms with van der Waals surface area (Å²) in [5.74, 6) is 0.111. The van der Waals surface area contributed by atoms with Gasteiger partial charge in [0.15, 0.2) is 0 Å². The zero-order valence-electron chi connectivity index (χ0n) is 8.55. The van der Waals surface area contributed by atoms with Crippen LogP contribution in [0, 0.1) is 0 Å². The normalized spacial score (nSPS) is 23.6. The summed E-state index contributed by atoms with van der Waals surface area (Å²) < 4.78 is 36.1. The molecule has 6 heteroatoms. The van der Waals surface area contributed by atoms with Crippen LogP contribution in [-0.4, -0.2) is 46.1 Å². The van der Waals surface area contributed by atoms with Crippen LogP contribution in [0.2, 0.25) is 0 Å². The molecule has 0 saturated carbocycles. The summed E-state index contributed by atoms with van der Waals surface area (Å²) in [4.78, 5) is 0. The first-order valence-corrected chi connectivity index (χ1v) is 9.78. The third-order valence-electron chi connectivity index (χ3n) is 3.06. The van der Waals surface area contributed by atoms with Gasteiger partial charge < -0.3 is 0 Å². The number of nitrogens with one attached hydrogen (secondary N) is 1. The molecule has 3 nitrogen and oxygen atoms in total. The average Bonchev–Trinajstić information content (AvgIpc) is 2.50. The molecule has 1 saturated heterocycles. The van der Waals surface area contributed by atoms with E-state index in [1.54, 1.807) is 0 Å². The van der Waals surface area contributed by atoms with Crippen LogP contribution in [0.1, 0.15) is 12.8 Å². The first kappa shape index (κ1) is 12.3. The van der Waals surface area contributed by atoms with Crippen LogP contribution >= 0.6 is 7.26 Å². The van der Waals surface area contributed by atoms with Crippen molar-refractivity contribution < 1.29 is 12.8 Å². The van der Waals surface area contributed by atoms with Crippen molar-refractivity contribution in [3.63, 3.8) is 0 Å². The molecule has 0 atom stereocenters. The maximum atomic E-state index is 11.8. The molecule has 86 valence electrons. The predicted octanol–water partition coefficient (Wildman–Crippen LogP) is 1.01. The number of hydrogen-bond donors (Lipinski definition) is 1. The van der Waals surface area contributed by atoms with E-state index in [4.69, 9.17) is 0 Å². The van der Waals surface area contributed by atoms with E-state index in [9.17, 15) is 12.8 Å². The topological polar surface area (TPSA) is 46.2 Å². The van der Waals surface area contributed by atoms with Crippen molar-refractivity contribution in [2.75, 3.05) is 37.7 Å². The van der Waals surface area contributed by atoms with Gasteiger partial charge in [-0.25, -0.2) is 0 Å². The molecule has 0 unspecified atom stereocenters. The summed E-state index contributed by atoms with van der Waals surface area (Å²) in [5, 5.41) is 0. The van der Waals surface area contributed by atoms with Gasteiger partial charge in [0.25, 0.3) is 0 Å². The van der Waals surface area contributed by atoms with Gasteiger partial charge in [0.2, 0.25) is 0 Å². The van der Waals surface area contributed by atoms with Crippen molar-refractivity contribution in [3.8, 4) is 0 Å².